The van der Waals surface area contributed by atoms with Crippen LogP contribution in [0.1, 0.15) is 15.9 Å². The first kappa shape index (κ1) is 10.1. The molecule has 0 fully saturated rings. The molecule has 0 saturated carbocycles. The minimum atomic E-state index is -0.745. The lowest BCUT2D eigenvalue weighted by Gasteiger charge is -2.00. The van der Waals surface area contributed by atoms with E-state index in [9.17, 15) is 14.9 Å². The molecule has 0 aliphatic rings. The highest BCUT2D eigenvalue weighted by molar-refractivity contribution is 5.94. The number of hydrogen-bond donors (Lipinski definition) is 2. The Hall–Kier alpha value is -2.02. The van der Waals surface area contributed by atoms with Crippen molar-refractivity contribution in [3.8, 4) is 0 Å². The van der Waals surface area contributed by atoms with Crippen LogP contribution in [-0.4, -0.2) is 21.0 Å². The zero-order valence-corrected chi connectivity index (χ0v) is 7.22. The second kappa shape index (κ2) is 3.79. The molecule has 14 heavy (non-hydrogen) atoms. The fraction of sp³-hybridized carbons (Fsp3) is 0.143. The summed E-state index contributed by atoms with van der Waals surface area (Å²) in [5.41, 5.74) is 1.89. The van der Waals surface area contributed by atoms with Gasteiger partial charge in [0.15, 0.2) is 6.20 Å². The van der Waals surface area contributed by atoms with Gasteiger partial charge < -0.3 is 10.1 Å². The quantitative estimate of drug-likeness (QED) is 0.406. The third-order valence-electron chi connectivity index (χ3n) is 1.63. The molecule has 0 saturated heterocycles. The normalized spacial score (nSPS) is 9.57. The number of hydrogen-bond acceptors (Lipinski definition) is 5. The highest BCUT2D eigenvalue weighted by Crippen LogP contribution is 2.13. The number of carbonyl (C=O) groups is 1. The average Bonchev–Trinajstić information content (AvgIpc) is 2.16. The second-order valence-electron chi connectivity index (χ2n) is 2.56. The third kappa shape index (κ3) is 1.83. The van der Waals surface area contributed by atoms with Gasteiger partial charge in [-0.3, -0.25) is 10.0 Å². The van der Waals surface area contributed by atoms with Gasteiger partial charge in [0, 0.05) is 6.07 Å². The molecule has 1 amide bonds. The standard InChI is InChI=1S/C7H7N3O4/c1-4-2-6(10(13)14)8-3-5(4)7(11)9-12/h2-3,12H,1H3,(H,9,11). The highest BCUT2D eigenvalue weighted by Gasteiger charge is 2.15. The summed E-state index contributed by atoms with van der Waals surface area (Å²) in [6.07, 6.45) is 1.04. The van der Waals surface area contributed by atoms with E-state index in [0.717, 1.165) is 12.3 Å². The van der Waals surface area contributed by atoms with Crippen molar-refractivity contribution in [1.29, 1.82) is 0 Å². The van der Waals surface area contributed by atoms with E-state index in [1.54, 1.807) is 0 Å². The molecular weight excluding hydrogens is 190 g/mol. The molecular formula is C7H7N3O4. The molecule has 2 N–H and O–H groups in total. The summed E-state index contributed by atoms with van der Waals surface area (Å²) in [6.45, 7) is 1.51. The maximum absolute atomic E-state index is 10.9. The predicted molar refractivity (Wildman–Crippen MR) is 44.9 cm³/mol. The van der Waals surface area contributed by atoms with Gasteiger partial charge in [-0.15, -0.1) is 0 Å². The van der Waals surface area contributed by atoms with Gasteiger partial charge in [0.1, 0.15) is 0 Å². The fourth-order valence-corrected chi connectivity index (χ4v) is 0.939. The minimum absolute atomic E-state index is 0.0955. The number of carbonyl (C=O) groups excluding carboxylic acids is 1. The van der Waals surface area contributed by atoms with Crippen molar-refractivity contribution in [2.75, 3.05) is 0 Å². The number of nitro groups is 1. The van der Waals surface area contributed by atoms with Crippen LogP contribution in [0.3, 0.4) is 0 Å². The Kier molecular flexibility index (Phi) is 2.73. The lowest BCUT2D eigenvalue weighted by molar-refractivity contribution is -0.389. The summed E-state index contributed by atoms with van der Waals surface area (Å²) in [5.74, 6) is -1.08. The van der Waals surface area contributed by atoms with E-state index in [4.69, 9.17) is 5.21 Å². The van der Waals surface area contributed by atoms with Crippen LogP contribution in [0.4, 0.5) is 5.82 Å². The minimum Gasteiger partial charge on any atom is -0.358 e. The van der Waals surface area contributed by atoms with Crippen LogP contribution in [0, 0.1) is 17.0 Å². The van der Waals surface area contributed by atoms with Gasteiger partial charge in [0.05, 0.1) is 5.56 Å². The highest BCUT2D eigenvalue weighted by atomic mass is 16.6. The summed E-state index contributed by atoms with van der Waals surface area (Å²) in [6, 6.07) is 1.16. The molecule has 0 radical (unpaired) electrons. The Labute approximate surface area is 78.5 Å². The van der Waals surface area contributed by atoms with Crippen LogP contribution < -0.4 is 5.48 Å². The van der Waals surface area contributed by atoms with Gasteiger partial charge in [-0.2, -0.15) is 0 Å². The van der Waals surface area contributed by atoms with Crippen molar-refractivity contribution < 1.29 is 14.9 Å². The Morgan fingerprint density at radius 1 is 1.71 bits per heavy atom. The van der Waals surface area contributed by atoms with E-state index < -0.39 is 10.8 Å². The molecule has 74 valence electrons. The van der Waals surface area contributed by atoms with Gasteiger partial charge in [-0.1, -0.05) is 0 Å². The number of aryl methyl sites for hydroxylation is 1. The third-order valence-corrected chi connectivity index (χ3v) is 1.63. The number of hydroxylamine groups is 1. The fourth-order valence-electron chi connectivity index (χ4n) is 0.939. The van der Waals surface area contributed by atoms with E-state index in [1.165, 1.54) is 12.4 Å². The molecule has 1 aromatic rings. The number of rotatable bonds is 2. The molecule has 1 aromatic heterocycles. The zero-order valence-electron chi connectivity index (χ0n) is 7.22. The van der Waals surface area contributed by atoms with Crippen molar-refractivity contribution in [1.82, 2.24) is 10.5 Å². The molecule has 7 heteroatoms. The predicted octanol–water partition coefficient (Wildman–Crippen LogP) is 0.417. The lowest BCUT2D eigenvalue weighted by Crippen LogP contribution is -2.20. The Morgan fingerprint density at radius 3 is 2.79 bits per heavy atom. The van der Waals surface area contributed by atoms with Gasteiger partial charge in [-0.25, -0.2) is 5.48 Å². The van der Waals surface area contributed by atoms with Crippen LogP contribution in [0.25, 0.3) is 0 Å². The topological polar surface area (TPSA) is 105 Å². The van der Waals surface area contributed by atoms with Crippen molar-refractivity contribution in [2.24, 2.45) is 0 Å². The van der Waals surface area contributed by atoms with Crippen molar-refractivity contribution in [3.63, 3.8) is 0 Å². The summed E-state index contributed by atoms with van der Waals surface area (Å²) in [4.78, 5) is 24.0. The number of nitrogens with zero attached hydrogens (tertiary/aromatic N) is 2. The SMILES string of the molecule is Cc1cc([N+](=O)[O-])ncc1C(=O)NO. The van der Waals surface area contributed by atoms with Gasteiger partial charge in [0.25, 0.3) is 5.91 Å². The van der Waals surface area contributed by atoms with Crippen LogP contribution in [0.15, 0.2) is 12.3 Å². The lowest BCUT2D eigenvalue weighted by atomic mass is 10.1. The van der Waals surface area contributed by atoms with E-state index in [2.05, 4.69) is 4.98 Å². The van der Waals surface area contributed by atoms with Crippen molar-refractivity contribution in [3.05, 3.63) is 33.5 Å². The molecule has 0 aliphatic carbocycles. The maximum Gasteiger partial charge on any atom is 0.363 e. The molecule has 1 heterocycles. The smallest absolute Gasteiger partial charge is 0.358 e. The molecule has 0 spiro atoms. The maximum atomic E-state index is 10.9. The molecule has 0 atom stereocenters. The first-order valence-corrected chi connectivity index (χ1v) is 3.61. The van der Waals surface area contributed by atoms with Gasteiger partial charge in [0.2, 0.25) is 0 Å². The molecule has 0 aromatic carbocycles. The largest absolute Gasteiger partial charge is 0.363 e. The average molecular weight is 197 g/mol. The van der Waals surface area contributed by atoms with Crippen molar-refractivity contribution >= 4 is 11.7 Å². The van der Waals surface area contributed by atoms with Crippen LogP contribution in [0.5, 0.6) is 0 Å². The summed E-state index contributed by atoms with van der Waals surface area (Å²) in [7, 11) is 0. The summed E-state index contributed by atoms with van der Waals surface area (Å²) < 4.78 is 0. The van der Waals surface area contributed by atoms with Gasteiger partial charge in [-0.05, 0) is 22.4 Å². The zero-order chi connectivity index (χ0) is 10.7. The number of amides is 1. The molecule has 0 bridgehead atoms. The molecule has 0 unspecified atom stereocenters. The summed E-state index contributed by atoms with van der Waals surface area (Å²) in [5, 5.41) is 18.6. The molecule has 7 nitrogen and oxygen atoms in total. The number of pyridine rings is 1. The monoisotopic (exact) mass is 197 g/mol. The summed E-state index contributed by atoms with van der Waals surface area (Å²) >= 11 is 0. The first-order valence-electron chi connectivity index (χ1n) is 3.61. The number of nitrogens with one attached hydrogen (secondary N) is 1. The van der Waals surface area contributed by atoms with Gasteiger partial charge >= 0.3 is 5.82 Å². The number of aromatic nitrogens is 1. The van der Waals surface area contributed by atoms with E-state index in [-0.39, 0.29) is 11.4 Å². The van der Waals surface area contributed by atoms with Crippen LogP contribution in [-0.2, 0) is 0 Å². The Bertz CT molecular complexity index is 391. The molecule has 1 rings (SSSR count). The molecule has 0 aliphatic heterocycles. The van der Waals surface area contributed by atoms with Crippen LogP contribution >= 0.6 is 0 Å². The van der Waals surface area contributed by atoms with E-state index in [0.29, 0.717) is 5.56 Å². The van der Waals surface area contributed by atoms with Crippen LogP contribution in [0.2, 0.25) is 0 Å². The first-order chi connectivity index (χ1) is 6.56. The van der Waals surface area contributed by atoms with E-state index >= 15 is 0 Å². The van der Waals surface area contributed by atoms with Crippen molar-refractivity contribution in [2.45, 2.75) is 6.92 Å². The Morgan fingerprint density at radius 2 is 2.36 bits per heavy atom. The second-order valence-corrected chi connectivity index (χ2v) is 2.56. The Balaban J connectivity index is 3.14. The van der Waals surface area contributed by atoms with E-state index in [1.807, 2.05) is 0 Å².